The molecule has 0 aliphatic heterocycles. The van der Waals surface area contributed by atoms with Crippen LogP contribution in [0.25, 0.3) is 0 Å². The molecular weight excluding hydrogens is 367 g/mol. The monoisotopic (exact) mass is 384 g/mol. The molecule has 2 rings (SSSR count). The van der Waals surface area contributed by atoms with E-state index >= 15 is 0 Å². The van der Waals surface area contributed by atoms with Gasteiger partial charge in [0, 0.05) is 22.9 Å². The van der Waals surface area contributed by atoms with Crippen molar-refractivity contribution < 1.29 is 9.90 Å². The number of rotatable bonds is 6. The number of carbonyl (C=O) groups is 1. The Morgan fingerprint density at radius 1 is 1.08 bits per heavy atom. The van der Waals surface area contributed by atoms with Crippen molar-refractivity contribution in [2.45, 2.75) is 39.0 Å². The van der Waals surface area contributed by atoms with Crippen molar-refractivity contribution in [3.05, 3.63) is 62.6 Å². The van der Waals surface area contributed by atoms with Gasteiger partial charge in [-0.3, -0.25) is 4.79 Å². The van der Waals surface area contributed by atoms with Crippen LogP contribution >= 0.6 is 34.8 Å². The van der Waals surface area contributed by atoms with Gasteiger partial charge in [-0.1, -0.05) is 49.2 Å². The highest BCUT2D eigenvalue weighted by molar-refractivity contribution is 6.63. The van der Waals surface area contributed by atoms with E-state index in [4.69, 9.17) is 34.8 Å². The van der Waals surface area contributed by atoms with Crippen molar-refractivity contribution >= 4 is 40.0 Å². The van der Waals surface area contributed by atoms with Crippen LogP contribution in [0, 0.1) is 0 Å². The van der Waals surface area contributed by atoms with Crippen LogP contribution in [0.4, 0.5) is 0 Å². The fraction of sp³-hybridized carbons (Fsp3) is 0.316. The zero-order valence-electron chi connectivity index (χ0n) is 13.6. The summed E-state index contributed by atoms with van der Waals surface area (Å²) < 4.78 is 0. The Morgan fingerprint density at radius 2 is 1.71 bits per heavy atom. The van der Waals surface area contributed by atoms with Crippen molar-refractivity contribution in [2.24, 2.45) is 0 Å². The average molecular weight is 386 g/mol. The number of phenolic OH excluding ortho intramolecular Hbond substituents is 1. The Labute approximate surface area is 157 Å². The maximum atomic E-state index is 10.9. The van der Waals surface area contributed by atoms with Gasteiger partial charge in [-0.2, -0.15) is 0 Å². The number of hydrogen-bond donors (Lipinski definition) is 1. The standard InChI is InChI=1S/C19H19Cl3O2/c1-11(2)14-7-12(3-5-18(14)23)8-15-16(20)9-13(10-17(15)21)4-6-19(22)24/h3,5,7,9-11,23H,4,6,8H2,1-2H3. The van der Waals surface area contributed by atoms with E-state index in [-0.39, 0.29) is 17.6 Å². The molecule has 0 amide bonds. The molecule has 2 aromatic rings. The van der Waals surface area contributed by atoms with E-state index in [1.807, 2.05) is 38.1 Å². The fourth-order valence-electron chi connectivity index (χ4n) is 2.59. The zero-order valence-corrected chi connectivity index (χ0v) is 15.8. The second-order valence-electron chi connectivity index (χ2n) is 6.12. The van der Waals surface area contributed by atoms with E-state index in [0.717, 1.165) is 22.3 Å². The van der Waals surface area contributed by atoms with Crippen molar-refractivity contribution in [1.82, 2.24) is 0 Å². The van der Waals surface area contributed by atoms with Gasteiger partial charge in [-0.15, -0.1) is 0 Å². The molecule has 2 nitrogen and oxygen atoms in total. The SMILES string of the molecule is CC(C)c1cc(Cc2c(Cl)cc(CCC(=O)Cl)cc2Cl)ccc1O. The average Bonchev–Trinajstić information content (AvgIpc) is 2.50. The van der Waals surface area contributed by atoms with E-state index < -0.39 is 0 Å². The molecule has 2 aromatic carbocycles. The van der Waals surface area contributed by atoms with Gasteiger partial charge in [0.2, 0.25) is 5.24 Å². The second-order valence-corrected chi connectivity index (χ2v) is 7.35. The molecule has 0 atom stereocenters. The topological polar surface area (TPSA) is 37.3 Å². The summed E-state index contributed by atoms with van der Waals surface area (Å²) >= 11 is 18.1. The molecule has 0 aromatic heterocycles. The van der Waals surface area contributed by atoms with Crippen LogP contribution in [0.5, 0.6) is 5.75 Å². The predicted molar refractivity (Wildman–Crippen MR) is 101 cm³/mol. The maximum Gasteiger partial charge on any atom is 0.221 e. The smallest absolute Gasteiger partial charge is 0.221 e. The third kappa shape index (κ3) is 4.89. The van der Waals surface area contributed by atoms with Crippen LogP contribution in [-0.4, -0.2) is 10.3 Å². The summed E-state index contributed by atoms with van der Waals surface area (Å²) in [5.74, 6) is 0.526. The van der Waals surface area contributed by atoms with Gasteiger partial charge < -0.3 is 5.11 Å². The minimum atomic E-state index is -0.378. The third-order valence-corrected chi connectivity index (χ3v) is 4.77. The summed E-state index contributed by atoms with van der Waals surface area (Å²) in [6.45, 7) is 4.07. The molecule has 0 fully saturated rings. The highest BCUT2D eigenvalue weighted by Crippen LogP contribution is 2.32. The van der Waals surface area contributed by atoms with Crippen molar-refractivity contribution in [3.63, 3.8) is 0 Å². The predicted octanol–water partition coefficient (Wildman–Crippen LogP) is 6.11. The third-order valence-electron chi connectivity index (χ3n) is 3.91. The van der Waals surface area contributed by atoms with E-state index in [9.17, 15) is 9.90 Å². The molecule has 0 aliphatic rings. The lowest BCUT2D eigenvalue weighted by atomic mass is 9.96. The number of halogens is 3. The Morgan fingerprint density at radius 3 is 2.25 bits per heavy atom. The molecule has 24 heavy (non-hydrogen) atoms. The Hall–Kier alpha value is -1.22. The number of carbonyl (C=O) groups excluding carboxylic acids is 1. The first-order valence-corrected chi connectivity index (χ1v) is 8.88. The van der Waals surface area contributed by atoms with Crippen molar-refractivity contribution in [1.29, 1.82) is 0 Å². The van der Waals surface area contributed by atoms with Crippen molar-refractivity contribution in [3.8, 4) is 5.75 Å². The highest BCUT2D eigenvalue weighted by atomic mass is 35.5. The highest BCUT2D eigenvalue weighted by Gasteiger charge is 2.12. The fourth-order valence-corrected chi connectivity index (χ4v) is 3.35. The molecule has 0 saturated carbocycles. The Balaban J connectivity index is 2.27. The maximum absolute atomic E-state index is 10.9. The van der Waals surface area contributed by atoms with Gasteiger partial charge in [0.05, 0.1) is 0 Å². The van der Waals surface area contributed by atoms with E-state index in [0.29, 0.717) is 28.6 Å². The number of hydrogen-bond acceptors (Lipinski definition) is 2. The first kappa shape index (κ1) is 19.1. The summed E-state index contributed by atoms with van der Waals surface area (Å²) in [5.41, 5.74) is 3.65. The molecule has 0 spiro atoms. The van der Waals surface area contributed by atoms with Crippen LogP contribution < -0.4 is 0 Å². The second kappa shape index (κ2) is 8.24. The lowest BCUT2D eigenvalue weighted by Crippen LogP contribution is -1.97. The molecule has 1 N–H and O–H groups in total. The Kier molecular flexibility index (Phi) is 6.56. The number of aryl methyl sites for hydroxylation is 1. The van der Waals surface area contributed by atoms with Gasteiger partial charge >= 0.3 is 0 Å². The normalized spacial score (nSPS) is 11.1. The van der Waals surface area contributed by atoms with E-state index in [1.54, 1.807) is 6.07 Å². The molecule has 5 heteroatoms. The van der Waals surface area contributed by atoms with E-state index in [2.05, 4.69) is 0 Å². The van der Waals surface area contributed by atoms with Gasteiger partial charge in [0.25, 0.3) is 0 Å². The molecule has 0 bridgehead atoms. The molecule has 0 heterocycles. The first-order valence-electron chi connectivity index (χ1n) is 7.75. The number of benzene rings is 2. The summed E-state index contributed by atoms with van der Waals surface area (Å²) in [6, 6.07) is 9.20. The summed E-state index contributed by atoms with van der Waals surface area (Å²) in [6.07, 6.45) is 1.34. The number of phenols is 1. The van der Waals surface area contributed by atoms with Gasteiger partial charge in [0.1, 0.15) is 5.75 Å². The molecule has 0 unspecified atom stereocenters. The van der Waals surface area contributed by atoms with Crippen molar-refractivity contribution in [2.75, 3.05) is 0 Å². The quantitative estimate of drug-likeness (QED) is 0.609. The van der Waals surface area contributed by atoms with Gasteiger partial charge in [0.15, 0.2) is 0 Å². The minimum Gasteiger partial charge on any atom is -0.508 e. The molecular formula is C19H19Cl3O2. The first-order chi connectivity index (χ1) is 11.3. The van der Waals surface area contributed by atoms with Crippen LogP contribution in [-0.2, 0) is 17.6 Å². The zero-order chi connectivity index (χ0) is 17.9. The van der Waals surface area contributed by atoms with Crippen LogP contribution in [0.2, 0.25) is 10.0 Å². The Bertz CT molecular complexity index is 731. The summed E-state index contributed by atoms with van der Waals surface area (Å²) in [4.78, 5) is 10.9. The summed E-state index contributed by atoms with van der Waals surface area (Å²) in [7, 11) is 0. The number of aromatic hydroxyl groups is 1. The molecule has 128 valence electrons. The largest absolute Gasteiger partial charge is 0.508 e. The van der Waals surface area contributed by atoms with E-state index in [1.165, 1.54) is 0 Å². The van der Waals surface area contributed by atoms with Gasteiger partial charge in [-0.05, 0) is 64.4 Å². The van der Waals surface area contributed by atoms with Gasteiger partial charge in [-0.25, -0.2) is 0 Å². The summed E-state index contributed by atoms with van der Waals surface area (Å²) in [5, 5.41) is 10.7. The molecule has 0 saturated heterocycles. The lowest BCUT2D eigenvalue weighted by molar-refractivity contribution is -0.111. The van der Waals surface area contributed by atoms with Crippen LogP contribution in [0.3, 0.4) is 0 Å². The van der Waals surface area contributed by atoms with Crippen LogP contribution in [0.1, 0.15) is 48.4 Å². The molecule has 0 radical (unpaired) electrons. The minimum absolute atomic E-state index is 0.228. The lowest BCUT2D eigenvalue weighted by Gasteiger charge is -2.13. The molecule has 0 aliphatic carbocycles. The van der Waals surface area contributed by atoms with Crippen LogP contribution in [0.15, 0.2) is 30.3 Å².